The highest BCUT2D eigenvalue weighted by Crippen LogP contribution is 2.19. The van der Waals surface area contributed by atoms with E-state index in [-0.39, 0.29) is 30.1 Å². The fourth-order valence-electron chi connectivity index (χ4n) is 3.20. The van der Waals surface area contributed by atoms with E-state index in [4.69, 9.17) is 4.74 Å². The summed E-state index contributed by atoms with van der Waals surface area (Å²) in [6, 6.07) is 17.0. The van der Waals surface area contributed by atoms with Crippen LogP contribution >= 0.6 is 0 Å². The summed E-state index contributed by atoms with van der Waals surface area (Å²) in [6.45, 7) is 2.22. The Bertz CT molecular complexity index is 921. The quantitative estimate of drug-likeness (QED) is 0.718. The van der Waals surface area contributed by atoms with E-state index in [0.29, 0.717) is 18.7 Å². The van der Waals surface area contributed by atoms with E-state index in [0.717, 1.165) is 11.1 Å². The molecule has 28 heavy (non-hydrogen) atoms. The van der Waals surface area contributed by atoms with Crippen LogP contribution in [0.15, 0.2) is 60.7 Å². The predicted octanol–water partition coefficient (Wildman–Crippen LogP) is 3.10. The number of sulfone groups is 1. The molecule has 0 radical (unpaired) electrons. The molecule has 1 aliphatic rings. The van der Waals surface area contributed by atoms with Crippen LogP contribution in [-0.4, -0.2) is 49.9 Å². The summed E-state index contributed by atoms with van der Waals surface area (Å²) in [5.41, 5.74) is 2.15. The standard InChI is InChI=1S/C22H25NO4S/c1-18-9-11-21(12-10-18)27-16-22(24)23(20-13-15-28(25,26)17-20)14-5-8-19-6-3-2-4-7-19/h2-12,20H,13-17H2,1H3/b8-5+/t20-/m0/s1. The van der Waals surface area contributed by atoms with Crippen molar-refractivity contribution in [3.8, 4) is 5.75 Å². The number of amides is 1. The third-order valence-electron chi connectivity index (χ3n) is 4.76. The second-order valence-corrected chi connectivity index (χ2v) is 9.25. The summed E-state index contributed by atoms with van der Waals surface area (Å²) < 4.78 is 29.4. The van der Waals surface area contributed by atoms with Gasteiger partial charge < -0.3 is 9.64 Å². The molecule has 0 bridgehead atoms. The molecule has 0 unspecified atom stereocenters. The van der Waals surface area contributed by atoms with Crippen molar-refractivity contribution in [3.63, 3.8) is 0 Å². The molecular weight excluding hydrogens is 374 g/mol. The molecule has 6 heteroatoms. The molecule has 0 spiro atoms. The maximum absolute atomic E-state index is 12.8. The lowest BCUT2D eigenvalue weighted by molar-refractivity contribution is -0.134. The first kappa shape index (κ1) is 20.1. The van der Waals surface area contributed by atoms with E-state index in [1.54, 1.807) is 4.90 Å². The maximum Gasteiger partial charge on any atom is 0.261 e. The number of benzene rings is 2. The molecule has 5 nitrogen and oxygen atoms in total. The van der Waals surface area contributed by atoms with Crippen LogP contribution in [0.3, 0.4) is 0 Å². The topological polar surface area (TPSA) is 63.7 Å². The van der Waals surface area contributed by atoms with Crippen molar-refractivity contribution < 1.29 is 17.9 Å². The molecule has 1 saturated heterocycles. The van der Waals surface area contributed by atoms with Gasteiger partial charge in [-0.3, -0.25) is 4.79 Å². The number of hydrogen-bond donors (Lipinski definition) is 0. The number of rotatable bonds is 7. The Balaban J connectivity index is 1.67. The van der Waals surface area contributed by atoms with Gasteiger partial charge in [-0.25, -0.2) is 8.42 Å². The first-order valence-electron chi connectivity index (χ1n) is 9.34. The van der Waals surface area contributed by atoms with E-state index >= 15 is 0 Å². The van der Waals surface area contributed by atoms with Gasteiger partial charge in [0, 0.05) is 12.6 Å². The SMILES string of the molecule is Cc1ccc(OCC(=O)N(C/C=C/c2ccccc2)[C@H]2CCS(=O)(=O)C2)cc1. The highest BCUT2D eigenvalue weighted by Gasteiger charge is 2.34. The molecule has 1 amide bonds. The molecule has 0 aromatic heterocycles. The van der Waals surface area contributed by atoms with Crippen LogP contribution in [0, 0.1) is 6.92 Å². The second-order valence-electron chi connectivity index (χ2n) is 7.02. The zero-order valence-electron chi connectivity index (χ0n) is 16.0. The number of carbonyl (C=O) groups excluding carboxylic acids is 1. The van der Waals surface area contributed by atoms with E-state index < -0.39 is 9.84 Å². The first-order valence-corrected chi connectivity index (χ1v) is 11.2. The maximum atomic E-state index is 12.8. The minimum atomic E-state index is -3.08. The Kier molecular flexibility index (Phi) is 6.52. The fourth-order valence-corrected chi connectivity index (χ4v) is 4.94. The second kappa shape index (κ2) is 9.06. The number of aryl methyl sites for hydroxylation is 1. The van der Waals surface area contributed by atoms with Crippen molar-refractivity contribution in [2.45, 2.75) is 19.4 Å². The van der Waals surface area contributed by atoms with Crippen LogP contribution in [-0.2, 0) is 14.6 Å². The van der Waals surface area contributed by atoms with Gasteiger partial charge in [-0.2, -0.15) is 0 Å². The zero-order valence-corrected chi connectivity index (χ0v) is 16.8. The summed E-state index contributed by atoms with van der Waals surface area (Å²) in [6.07, 6.45) is 4.30. The largest absolute Gasteiger partial charge is 0.484 e. The average Bonchev–Trinajstić information content (AvgIpc) is 3.05. The summed E-state index contributed by atoms with van der Waals surface area (Å²) in [5, 5.41) is 0. The highest BCUT2D eigenvalue weighted by molar-refractivity contribution is 7.91. The lowest BCUT2D eigenvalue weighted by atomic mass is 10.2. The Morgan fingerprint density at radius 3 is 2.50 bits per heavy atom. The Morgan fingerprint density at radius 2 is 1.86 bits per heavy atom. The highest BCUT2D eigenvalue weighted by atomic mass is 32.2. The third-order valence-corrected chi connectivity index (χ3v) is 6.52. The Labute approximate surface area is 166 Å². The fraction of sp³-hybridized carbons (Fsp3) is 0.318. The molecule has 0 saturated carbocycles. The summed E-state index contributed by atoms with van der Waals surface area (Å²) in [4.78, 5) is 14.4. The van der Waals surface area contributed by atoms with Gasteiger partial charge in [0.15, 0.2) is 16.4 Å². The molecule has 2 aromatic rings. The van der Waals surface area contributed by atoms with Crippen LogP contribution in [0.4, 0.5) is 0 Å². The van der Waals surface area contributed by atoms with Gasteiger partial charge in [-0.1, -0.05) is 60.2 Å². The zero-order chi connectivity index (χ0) is 20.0. The van der Waals surface area contributed by atoms with Crippen molar-refractivity contribution in [2.75, 3.05) is 24.7 Å². The Morgan fingerprint density at radius 1 is 1.14 bits per heavy atom. The summed E-state index contributed by atoms with van der Waals surface area (Å²) >= 11 is 0. The van der Waals surface area contributed by atoms with E-state index in [1.165, 1.54) is 0 Å². The predicted molar refractivity (Wildman–Crippen MR) is 111 cm³/mol. The first-order chi connectivity index (χ1) is 13.4. The average molecular weight is 400 g/mol. The molecule has 0 aliphatic carbocycles. The smallest absolute Gasteiger partial charge is 0.261 e. The van der Waals surface area contributed by atoms with Gasteiger partial charge in [0.05, 0.1) is 11.5 Å². The number of nitrogens with zero attached hydrogens (tertiary/aromatic N) is 1. The third kappa shape index (κ3) is 5.70. The number of ether oxygens (including phenoxy) is 1. The van der Waals surface area contributed by atoms with Crippen LogP contribution in [0.1, 0.15) is 17.5 Å². The molecule has 1 aliphatic heterocycles. The van der Waals surface area contributed by atoms with Crippen molar-refractivity contribution in [2.24, 2.45) is 0 Å². The molecule has 148 valence electrons. The molecule has 0 N–H and O–H groups in total. The lowest BCUT2D eigenvalue weighted by Gasteiger charge is -2.27. The minimum absolute atomic E-state index is 0.0163. The van der Waals surface area contributed by atoms with Crippen molar-refractivity contribution in [1.29, 1.82) is 0 Å². The van der Waals surface area contributed by atoms with Gasteiger partial charge in [0.25, 0.3) is 5.91 Å². The molecule has 1 atom stereocenters. The van der Waals surface area contributed by atoms with E-state index in [1.807, 2.05) is 73.7 Å². The van der Waals surface area contributed by atoms with Crippen LogP contribution in [0.25, 0.3) is 6.08 Å². The van der Waals surface area contributed by atoms with Gasteiger partial charge >= 0.3 is 0 Å². The van der Waals surface area contributed by atoms with E-state index in [9.17, 15) is 13.2 Å². The van der Waals surface area contributed by atoms with Crippen LogP contribution in [0.5, 0.6) is 5.75 Å². The van der Waals surface area contributed by atoms with Gasteiger partial charge in [-0.05, 0) is 31.0 Å². The van der Waals surface area contributed by atoms with Gasteiger partial charge in [-0.15, -0.1) is 0 Å². The monoisotopic (exact) mass is 399 g/mol. The summed E-state index contributed by atoms with van der Waals surface area (Å²) in [7, 11) is -3.08. The summed E-state index contributed by atoms with van der Waals surface area (Å²) in [5.74, 6) is 0.559. The van der Waals surface area contributed by atoms with Crippen molar-refractivity contribution in [1.82, 2.24) is 4.90 Å². The Hall–Kier alpha value is -2.60. The van der Waals surface area contributed by atoms with Gasteiger partial charge in [0.2, 0.25) is 0 Å². The number of hydrogen-bond acceptors (Lipinski definition) is 4. The molecule has 2 aromatic carbocycles. The van der Waals surface area contributed by atoms with Crippen molar-refractivity contribution in [3.05, 3.63) is 71.8 Å². The molecule has 1 heterocycles. The molecular formula is C22H25NO4S. The molecule has 3 rings (SSSR count). The number of carbonyl (C=O) groups is 1. The normalized spacial score (nSPS) is 18.2. The van der Waals surface area contributed by atoms with Crippen molar-refractivity contribution >= 4 is 21.8 Å². The van der Waals surface area contributed by atoms with E-state index in [2.05, 4.69) is 0 Å². The van der Waals surface area contributed by atoms with Crippen LogP contribution < -0.4 is 4.74 Å². The minimum Gasteiger partial charge on any atom is -0.484 e. The molecule has 1 fully saturated rings. The lowest BCUT2D eigenvalue weighted by Crippen LogP contribution is -2.43. The van der Waals surface area contributed by atoms with Crippen LogP contribution in [0.2, 0.25) is 0 Å². The van der Waals surface area contributed by atoms with Gasteiger partial charge in [0.1, 0.15) is 5.75 Å².